The van der Waals surface area contributed by atoms with Crippen LogP contribution in [0.5, 0.6) is 5.75 Å². The minimum Gasteiger partial charge on any atom is -0.497 e. The molecule has 0 bridgehead atoms. The van der Waals surface area contributed by atoms with Crippen molar-refractivity contribution in [3.63, 3.8) is 0 Å². The maximum Gasteiger partial charge on any atom is 0.142 e. The lowest BCUT2D eigenvalue weighted by Gasteiger charge is -2.21. The van der Waals surface area contributed by atoms with E-state index in [1.54, 1.807) is 18.4 Å². The summed E-state index contributed by atoms with van der Waals surface area (Å²) in [6, 6.07) is 18.1. The van der Waals surface area contributed by atoms with E-state index in [4.69, 9.17) is 9.72 Å². The van der Waals surface area contributed by atoms with E-state index in [9.17, 15) is 0 Å². The number of rotatable bonds is 9. The average Bonchev–Trinajstić information content (AvgIpc) is 3.38. The Bertz CT molecular complexity index is 1490. The summed E-state index contributed by atoms with van der Waals surface area (Å²) in [6.07, 6.45) is 1.90. The topological polar surface area (TPSA) is 89.8 Å². The molecular formula is C30H31N7OS. The predicted octanol–water partition coefficient (Wildman–Crippen LogP) is 5.90. The Morgan fingerprint density at radius 1 is 0.718 bits per heavy atom. The molecule has 9 heteroatoms. The molecule has 8 nitrogen and oxygen atoms in total. The van der Waals surface area contributed by atoms with Crippen molar-refractivity contribution in [3.05, 3.63) is 101 Å². The summed E-state index contributed by atoms with van der Waals surface area (Å²) in [6.45, 7) is 9.69. The molecule has 4 aromatic heterocycles. The Balaban J connectivity index is 1.40. The van der Waals surface area contributed by atoms with Crippen molar-refractivity contribution < 1.29 is 4.74 Å². The maximum atomic E-state index is 5.28. The van der Waals surface area contributed by atoms with Gasteiger partial charge in [0.05, 0.1) is 36.5 Å². The van der Waals surface area contributed by atoms with E-state index < -0.39 is 0 Å². The normalized spacial score (nSPS) is 11.2. The quantitative estimate of drug-likeness (QED) is 0.230. The summed E-state index contributed by atoms with van der Waals surface area (Å²) in [5.41, 5.74) is 6.70. The lowest BCUT2D eigenvalue weighted by molar-refractivity contribution is 0.231. The number of nitrogens with zero attached hydrogens (tertiary/aromatic N) is 7. The summed E-state index contributed by atoms with van der Waals surface area (Å²) in [5.74, 6) is 2.38. The van der Waals surface area contributed by atoms with Crippen molar-refractivity contribution >= 4 is 11.3 Å². The van der Waals surface area contributed by atoms with Crippen molar-refractivity contribution in [2.75, 3.05) is 7.11 Å². The van der Waals surface area contributed by atoms with Gasteiger partial charge in [-0.3, -0.25) is 4.90 Å². The van der Waals surface area contributed by atoms with Gasteiger partial charge in [-0.1, -0.05) is 6.07 Å². The third-order valence-electron chi connectivity index (χ3n) is 6.08. The average molecular weight is 538 g/mol. The zero-order valence-corrected chi connectivity index (χ0v) is 23.7. The number of benzene rings is 1. The van der Waals surface area contributed by atoms with Crippen LogP contribution in [0.1, 0.15) is 40.1 Å². The van der Waals surface area contributed by atoms with Crippen LogP contribution in [0.25, 0.3) is 21.1 Å². The Morgan fingerprint density at radius 2 is 1.31 bits per heavy atom. The van der Waals surface area contributed by atoms with Gasteiger partial charge in [0.25, 0.3) is 0 Å². The zero-order valence-electron chi connectivity index (χ0n) is 22.8. The van der Waals surface area contributed by atoms with E-state index in [-0.39, 0.29) is 0 Å². The fourth-order valence-electron chi connectivity index (χ4n) is 4.50. The highest BCUT2D eigenvalue weighted by Crippen LogP contribution is 2.32. The first-order chi connectivity index (χ1) is 18.8. The lowest BCUT2D eigenvalue weighted by atomic mass is 10.2. The lowest BCUT2D eigenvalue weighted by Crippen LogP contribution is -2.26. The summed E-state index contributed by atoms with van der Waals surface area (Å²) in [5, 5.41) is 0.879. The molecule has 0 atom stereocenters. The molecule has 0 N–H and O–H groups in total. The van der Waals surface area contributed by atoms with Gasteiger partial charge in [0.15, 0.2) is 0 Å². The number of pyridine rings is 1. The second-order valence-corrected chi connectivity index (χ2v) is 10.6. The Morgan fingerprint density at radius 3 is 1.87 bits per heavy atom. The first-order valence-electron chi connectivity index (χ1n) is 12.8. The summed E-state index contributed by atoms with van der Waals surface area (Å²) in [4.78, 5) is 31.6. The molecular weight excluding hydrogens is 506 g/mol. The van der Waals surface area contributed by atoms with Crippen LogP contribution in [0.3, 0.4) is 0 Å². The molecule has 0 aliphatic carbocycles. The summed E-state index contributed by atoms with van der Waals surface area (Å²) < 4.78 is 5.28. The summed E-state index contributed by atoms with van der Waals surface area (Å²) in [7, 11) is 1.67. The van der Waals surface area contributed by atoms with Crippen LogP contribution in [-0.4, -0.2) is 41.9 Å². The van der Waals surface area contributed by atoms with Crippen LogP contribution in [0.2, 0.25) is 0 Å². The molecule has 0 spiro atoms. The summed E-state index contributed by atoms with van der Waals surface area (Å²) >= 11 is 1.62. The smallest absolute Gasteiger partial charge is 0.142 e. The SMILES string of the molecule is COc1ccc(-c2cnc(-c3cccc(CN(Cc4nc(C)cc(C)n4)Cc4nc(C)cc(C)n4)n3)s2)cc1. The molecule has 1 aromatic carbocycles. The maximum absolute atomic E-state index is 5.28. The second-order valence-electron chi connectivity index (χ2n) is 9.55. The van der Waals surface area contributed by atoms with Gasteiger partial charge in [0.1, 0.15) is 22.4 Å². The van der Waals surface area contributed by atoms with E-state index in [1.165, 1.54) is 0 Å². The van der Waals surface area contributed by atoms with Gasteiger partial charge in [0.2, 0.25) is 0 Å². The van der Waals surface area contributed by atoms with Gasteiger partial charge in [-0.2, -0.15) is 0 Å². The highest BCUT2D eigenvalue weighted by Gasteiger charge is 2.15. The minimum absolute atomic E-state index is 0.559. The van der Waals surface area contributed by atoms with E-state index in [0.29, 0.717) is 19.6 Å². The molecule has 0 aliphatic rings. The van der Waals surface area contributed by atoms with Gasteiger partial charge in [-0.25, -0.2) is 29.9 Å². The van der Waals surface area contributed by atoms with Gasteiger partial charge in [-0.05, 0) is 81.8 Å². The molecule has 39 heavy (non-hydrogen) atoms. The largest absolute Gasteiger partial charge is 0.497 e. The number of hydrogen-bond donors (Lipinski definition) is 0. The van der Waals surface area contributed by atoms with Gasteiger partial charge in [-0.15, -0.1) is 11.3 Å². The van der Waals surface area contributed by atoms with Crippen molar-refractivity contribution in [1.29, 1.82) is 0 Å². The van der Waals surface area contributed by atoms with Crippen molar-refractivity contribution in [3.8, 4) is 26.9 Å². The van der Waals surface area contributed by atoms with E-state index >= 15 is 0 Å². The highest BCUT2D eigenvalue weighted by molar-refractivity contribution is 7.18. The van der Waals surface area contributed by atoms with E-state index in [0.717, 1.165) is 67.0 Å². The van der Waals surface area contributed by atoms with Crippen molar-refractivity contribution in [1.82, 2.24) is 34.8 Å². The molecule has 5 aromatic rings. The Kier molecular flexibility index (Phi) is 7.99. The monoisotopic (exact) mass is 537 g/mol. The molecule has 0 saturated heterocycles. The Hall–Kier alpha value is -4.08. The second kappa shape index (κ2) is 11.8. The fraction of sp³-hybridized carbons (Fsp3) is 0.267. The fourth-order valence-corrected chi connectivity index (χ4v) is 5.40. The van der Waals surface area contributed by atoms with Crippen LogP contribution in [-0.2, 0) is 19.6 Å². The zero-order chi connectivity index (χ0) is 27.4. The first-order valence-corrected chi connectivity index (χ1v) is 13.6. The van der Waals surface area contributed by atoms with Crippen LogP contribution in [0.15, 0.2) is 60.8 Å². The highest BCUT2D eigenvalue weighted by atomic mass is 32.1. The standard InChI is InChI=1S/C30H31N7OS/c1-19-13-20(2)33-28(32-19)17-37(18-29-34-21(3)14-22(4)35-29)16-24-7-6-8-26(36-24)30-31-15-27(39-30)23-9-11-25(38-5)12-10-23/h6-15H,16-18H2,1-5H3. The molecule has 0 saturated carbocycles. The van der Waals surface area contributed by atoms with E-state index in [1.807, 2.05) is 88.5 Å². The van der Waals surface area contributed by atoms with Crippen molar-refractivity contribution in [2.24, 2.45) is 0 Å². The Labute approximate surface area is 232 Å². The van der Waals surface area contributed by atoms with Crippen LogP contribution >= 0.6 is 11.3 Å². The first kappa shape index (κ1) is 26.5. The van der Waals surface area contributed by atoms with Gasteiger partial charge < -0.3 is 4.74 Å². The molecule has 0 fully saturated rings. The van der Waals surface area contributed by atoms with Crippen LogP contribution in [0, 0.1) is 27.7 Å². The van der Waals surface area contributed by atoms with Crippen LogP contribution in [0.4, 0.5) is 0 Å². The van der Waals surface area contributed by atoms with Crippen molar-refractivity contribution in [2.45, 2.75) is 47.3 Å². The number of thiazole rings is 1. The molecule has 0 amide bonds. The minimum atomic E-state index is 0.559. The molecule has 198 valence electrons. The third kappa shape index (κ3) is 6.87. The van der Waals surface area contributed by atoms with Gasteiger partial charge in [0, 0.05) is 35.5 Å². The van der Waals surface area contributed by atoms with Crippen LogP contribution < -0.4 is 4.74 Å². The molecule has 0 radical (unpaired) electrons. The van der Waals surface area contributed by atoms with E-state index in [2.05, 4.69) is 29.8 Å². The number of methoxy groups -OCH3 is 1. The molecule has 5 rings (SSSR count). The molecule has 0 unspecified atom stereocenters. The molecule has 4 heterocycles. The third-order valence-corrected chi connectivity index (χ3v) is 7.15. The number of ether oxygens (including phenoxy) is 1. The predicted molar refractivity (Wildman–Crippen MR) is 153 cm³/mol. The number of hydrogen-bond acceptors (Lipinski definition) is 9. The molecule has 0 aliphatic heterocycles. The van der Waals surface area contributed by atoms with Gasteiger partial charge >= 0.3 is 0 Å². The number of aromatic nitrogens is 6. The number of aryl methyl sites for hydroxylation is 4.